The van der Waals surface area contributed by atoms with Gasteiger partial charge < -0.3 is 126 Å². The second-order valence-corrected chi connectivity index (χ2v) is 37.3. The predicted octanol–water partition coefficient (Wildman–Crippen LogP) is -3.06. The van der Waals surface area contributed by atoms with Crippen LogP contribution in [0.15, 0.2) is 49.3 Å². The number of nitrogens with zero attached hydrogens (tertiary/aromatic N) is 4. The Bertz CT molecular complexity index is 4540. The lowest BCUT2D eigenvalue weighted by Gasteiger charge is -2.32. The van der Waals surface area contributed by atoms with E-state index in [1.165, 1.54) is 66.0 Å². The Kier molecular flexibility index (Phi) is 47.2. The molecule has 756 valence electrons. The molecule has 2 aromatic heterocycles. The number of aliphatic carboxylic acids is 1. The molecule has 18 atom stereocenters. The van der Waals surface area contributed by atoms with Crippen LogP contribution in [0.3, 0.4) is 0 Å². The number of aliphatic hydroxyl groups excluding tert-OH is 1. The van der Waals surface area contributed by atoms with Crippen LogP contribution in [0.25, 0.3) is 0 Å². The van der Waals surface area contributed by atoms with Crippen molar-refractivity contribution < 1.29 is 106 Å². The number of aromatic nitrogens is 4. The molecule has 0 radical (unpaired) electrons. The number of phenols is 1. The van der Waals surface area contributed by atoms with Gasteiger partial charge in [0.2, 0.25) is 106 Å². The van der Waals surface area contributed by atoms with E-state index < -0.39 is 246 Å². The molecule has 18 amide bonds. The van der Waals surface area contributed by atoms with Crippen LogP contribution >= 0.6 is 12.6 Å². The summed E-state index contributed by atoms with van der Waals surface area (Å²) in [5, 5.41) is 69.3. The molecular weight excluding hydrogens is 1790 g/mol. The molecule has 5 rings (SSSR count). The summed E-state index contributed by atoms with van der Waals surface area (Å²) in [6, 6.07) is -16.2. The molecule has 0 saturated carbocycles. The number of imidazole rings is 2. The van der Waals surface area contributed by atoms with Gasteiger partial charge in [0.1, 0.15) is 96.4 Å². The van der Waals surface area contributed by atoms with E-state index in [1.807, 2.05) is 13.8 Å². The number of carbonyl (C=O) groups is 19. The van der Waals surface area contributed by atoms with Gasteiger partial charge >= 0.3 is 5.97 Å². The number of primary amides is 1. The first-order valence-electron chi connectivity index (χ1n) is 46.4. The number of carbonyl (C=O) groups excluding carboxylic acids is 18. The highest BCUT2D eigenvalue weighted by Gasteiger charge is 2.45. The number of rotatable bonds is 57. The molecule has 2 fully saturated rings. The zero-order valence-electron chi connectivity index (χ0n) is 80.2. The number of hydrogen-bond donors (Lipinski definition) is 23. The van der Waals surface area contributed by atoms with Gasteiger partial charge in [0.05, 0.1) is 38.4 Å². The number of carboxylic acid groups (broad SMARTS) is 1. The topological polar surface area (TPSA) is 681 Å². The number of hydrogen-bond acceptors (Lipinski definition) is 25. The van der Waals surface area contributed by atoms with E-state index >= 15 is 4.79 Å². The number of likely N-dealkylation sites (tertiary alicyclic amines) is 2. The molecule has 0 aliphatic carbocycles. The number of aromatic hydroxyl groups is 1. The molecule has 136 heavy (non-hydrogen) atoms. The first kappa shape index (κ1) is 114. The van der Waals surface area contributed by atoms with Crippen LogP contribution in [-0.4, -0.2) is 293 Å². The zero-order chi connectivity index (χ0) is 102. The number of benzene rings is 1. The summed E-state index contributed by atoms with van der Waals surface area (Å²) in [7, 11) is 0. The number of aliphatic hydroxyl groups is 1. The summed E-state index contributed by atoms with van der Waals surface area (Å²) in [6.45, 7) is 23.4. The van der Waals surface area contributed by atoms with Crippen molar-refractivity contribution in [3.8, 4) is 5.75 Å². The maximum Gasteiger partial charge on any atom is 0.326 e. The van der Waals surface area contributed by atoms with Crippen molar-refractivity contribution in [3.63, 3.8) is 0 Å². The zero-order valence-corrected chi connectivity index (χ0v) is 81.1. The molecule has 0 bridgehead atoms. The van der Waals surface area contributed by atoms with E-state index in [1.54, 1.807) is 83.1 Å². The van der Waals surface area contributed by atoms with E-state index in [4.69, 9.17) is 11.5 Å². The number of aromatic amines is 2. The maximum absolute atomic E-state index is 15.0. The summed E-state index contributed by atoms with van der Waals surface area (Å²) in [5.74, 6) is -19.1. The number of amides is 18. The minimum atomic E-state index is -1.69. The van der Waals surface area contributed by atoms with Crippen molar-refractivity contribution in [3.05, 3.63) is 66.3 Å². The Morgan fingerprint density at radius 3 is 1.28 bits per heavy atom. The third-order valence-corrected chi connectivity index (χ3v) is 23.7. The van der Waals surface area contributed by atoms with E-state index in [2.05, 4.69) is 112 Å². The maximum atomic E-state index is 15.0. The van der Waals surface area contributed by atoms with Gasteiger partial charge in [0.15, 0.2) is 0 Å². The van der Waals surface area contributed by atoms with Gasteiger partial charge in [-0.05, 0) is 124 Å². The summed E-state index contributed by atoms with van der Waals surface area (Å²) in [5.41, 5.74) is 12.5. The molecule has 1 unspecified atom stereocenters. The number of nitrogens with two attached hydrogens (primary N) is 2. The average molecular weight is 1930 g/mol. The molecule has 1 aromatic carbocycles. The molecule has 2 aliphatic heterocycles. The van der Waals surface area contributed by atoms with Crippen LogP contribution in [-0.2, 0) is 110 Å². The number of H-pyrrole nitrogens is 2. The quantitative estimate of drug-likeness (QED) is 0.0249. The van der Waals surface area contributed by atoms with Gasteiger partial charge in [-0.15, -0.1) is 0 Å². The molecular formula is C90H143N23O22S. The van der Waals surface area contributed by atoms with Crippen LogP contribution in [0.4, 0.5) is 0 Å². The Labute approximate surface area is 797 Å². The van der Waals surface area contributed by atoms with Crippen molar-refractivity contribution in [1.82, 2.24) is 109 Å². The van der Waals surface area contributed by atoms with Crippen LogP contribution in [0, 0.1) is 41.4 Å². The average Bonchev–Trinajstić information content (AvgIpc) is 1.65. The first-order chi connectivity index (χ1) is 64.1. The van der Waals surface area contributed by atoms with Gasteiger partial charge in [-0.1, -0.05) is 122 Å². The summed E-state index contributed by atoms with van der Waals surface area (Å²) >= 11 is 4.09. The molecule has 4 heterocycles. The molecule has 3 aromatic rings. The van der Waals surface area contributed by atoms with Crippen molar-refractivity contribution in [2.24, 2.45) is 52.9 Å². The largest absolute Gasteiger partial charge is 0.508 e. The lowest BCUT2D eigenvalue weighted by molar-refractivity contribution is -0.143. The number of nitrogens with one attached hydrogen (secondary N) is 17. The molecule has 0 spiro atoms. The SMILES string of the molecule is CC[C@H](C)[C@H](NC(=O)C(CO)NC(=O)[C@@H]1CCCN1C(=O)[C@H](CC(C)C)NC(=O)[C@H](Cc1ccc(O)cc1)NC(=O)[C@H](C)NC(=O)[C@H](Cc1cnc[nH]1)NC(=O)[C@H](Cc1cnc[nH]1)NC(=O)[C@H](CC(C)C)NC(=O)[C@@H](NC(=O)[C@@H]1CCCN1C(=O)[C@H](CC(C)C)NC(=O)[C@H](CCC(N)=O)NC(=O)[C@H](CC(C)C)NC(=O)[C@@H](N)CS)[C@@H](C)CC)C(=O)NCC(=O)NCC(=O)N[C@H](C(=O)O)C(C)C. The number of carboxylic acids is 1. The van der Waals surface area contributed by atoms with Crippen LogP contribution in [0.5, 0.6) is 5.75 Å². The Hall–Kier alpha value is -12.4. The van der Waals surface area contributed by atoms with Crippen molar-refractivity contribution >= 4 is 125 Å². The fourth-order valence-corrected chi connectivity index (χ4v) is 15.5. The van der Waals surface area contributed by atoms with Crippen molar-refractivity contribution in [1.29, 1.82) is 0 Å². The molecule has 46 heteroatoms. The highest BCUT2D eigenvalue weighted by Crippen LogP contribution is 2.26. The smallest absolute Gasteiger partial charge is 0.326 e. The Morgan fingerprint density at radius 1 is 0.449 bits per heavy atom. The van der Waals surface area contributed by atoms with Gasteiger partial charge in [-0.2, -0.15) is 12.6 Å². The minimum absolute atomic E-state index is 0.00897. The van der Waals surface area contributed by atoms with Crippen molar-refractivity contribution in [2.45, 2.75) is 297 Å². The third-order valence-electron chi connectivity index (χ3n) is 23.4. The molecule has 45 nitrogen and oxygen atoms in total. The number of thiol groups is 1. The van der Waals surface area contributed by atoms with Gasteiger partial charge in [-0.25, -0.2) is 14.8 Å². The lowest BCUT2D eigenvalue weighted by atomic mass is 9.96. The first-order valence-corrected chi connectivity index (χ1v) is 47.0. The van der Waals surface area contributed by atoms with Crippen LogP contribution in [0.1, 0.15) is 198 Å². The fourth-order valence-electron chi connectivity index (χ4n) is 15.4. The second kappa shape index (κ2) is 56.2. The normalized spacial score (nSPS) is 17.2. The van der Waals surface area contributed by atoms with E-state index in [-0.39, 0.29) is 125 Å². The van der Waals surface area contributed by atoms with Crippen LogP contribution in [0.2, 0.25) is 0 Å². The highest BCUT2D eigenvalue weighted by molar-refractivity contribution is 7.80. The van der Waals surface area contributed by atoms with Gasteiger partial charge in [0, 0.05) is 68.3 Å². The van der Waals surface area contributed by atoms with E-state index in [0.717, 1.165) is 0 Å². The monoisotopic (exact) mass is 1930 g/mol. The van der Waals surface area contributed by atoms with E-state index in [0.29, 0.717) is 36.2 Å². The Morgan fingerprint density at radius 2 is 0.846 bits per heavy atom. The van der Waals surface area contributed by atoms with E-state index in [9.17, 15) is 102 Å². The molecule has 2 aliphatic rings. The number of phenolic OH excluding ortho intramolecular Hbond substituents is 1. The van der Waals surface area contributed by atoms with Gasteiger partial charge in [0.25, 0.3) is 0 Å². The fraction of sp³-hybridized carbons (Fsp3) is 0.656. The molecule has 24 N–H and O–H groups in total. The summed E-state index contributed by atoms with van der Waals surface area (Å²) in [6.07, 6.45) is 5.49. The third kappa shape index (κ3) is 37.0. The predicted molar refractivity (Wildman–Crippen MR) is 499 cm³/mol. The Balaban J connectivity index is 1.33. The summed E-state index contributed by atoms with van der Waals surface area (Å²) in [4.78, 5) is 282. The van der Waals surface area contributed by atoms with Crippen LogP contribution < -0.4 is 91.2 Å². The summed E-state index contributed by atoms with van der Waals surface area (Å²) < 4.78 is 0. The standard InChI is InChI=1S/C90H143N23O22S/c1-16-50(13)73(86(130)96-39-70(117)95-40-71(118)109-72(49(11)12)90(134)135)110-83(127)66(41-114)108-84(128)67-20-18-28-112(67)89(133)65(33-48(9)10)107-81(125)61(34-53-22-24-56(115)25-23-53)101-75(119)52(15)99-78(122)62(35-54-37-93-43-97-54)103-82(126)63(36-55-38-94-44-98-55)104-80(124)60(31-46(5)6)105-87(131)74(51(14)17-2)111-85(129)68-21-19-29-113(68)88(132)64(32-47(7)8)106-77(121)58(26-27-69(92)116)100-79(123)59(30-45(3)4)102-76(120)57(91)42-136/h22-25,37-38,43-52,57-68,72-74,114-115,136H,16-21,26-36,39-42,91H2,1-15H3,(H2,92,116)(H,93,97)(H,94,98)(H,95,117)(H,96,130)(H,99,122)(H,100,123)(H,101,119)(H,102,120)(H,103,126)(H,104,124)(H,105,131)(H,106,121)(H,107,125)(H,108,128)(H,109,118)(H,110,127)(H,111,129)(H,134,135)/t50-,51-,52-,57-,58-,59-,60-,61-,62-,63-,64-,65-,66?,67-,68-,72-,73-,74-/m0/s1. The minimum Gasteiger partial charge on any atom is -0.508 e. The highest BCUT2D eigenvalue weighted by atomic mass is 32.1. The van der Waals surface area contributed by atoms with Crippen molar-refractivity contribution in [2.75, 3.05) is 38.5 Å². The second-order valence-electron chi connectivity index (χ2n) is 37.0. The van der Waals surface area contributed by atoms with Gasteiger partial charge in [-0.3, -0.25) is 86.3 Å². The lowest BCUT2D eigenvalue weighted by Crippen LogP contribution is -2.62. The molecule has 2 saturated heterocycles.